The molecular weight excluding hydrogens is 392 g/mol. The molecule has 154 valence electrons. The molecular formula is C20H24N4O4S. The maximum absolute atomic E-state index is 12.4. The molecule has 5 N–H and O–H groups in total. The highest BCUT2D eigenvalue weighted by Crippen LogP contribution is 2.28. The molecule has 2 rings (SSSR count). The molecule has 0 fully saturated rings. The molecule has 2 aromatic rings. The van der Waals surface area contributed by atoms with Crippen LogP contribution < -0.4 is 31.4 Å². The Kier molecular flexibility index (Phi) is 7.79. The zero-order valence-electron chi connectivity index (χ0n) is 16.5. The van der Waals surface area contributed by atoms with Gasteiger partial charge < -0.3 is 20.5 Å². The van der Waals surface area contributed by atoms with E-state index in [1.165, 1.54) is 25.3 Å². The number of benzene rings is 2. The number of methoxy groups -OCH3 is 1. The predicted octanol–water partition coefficient (Wildman–Crippen LogP) is 2.06. The van der Waals surface area contributed by atoms with Crippen molar-refractivity contribution in [2.45, 2.75) is 20.3 Å². The van der Waals surface area contributed by atoms with Gasteiger partial charge in [-0.25, -0.2) is 0 Å². The predicted molar refractivity (Wildman–Crippen MR) is 115 cm³/mol. The number of thiocarbonyl (C=S) groups is 1. The summed E-state index contributed by atoms with van der Waals surface area (Å²) in [4.78, 5) is 23.3. The molecule has 29 heavy (non-hydrogen) atoms. The Labute approximate surface area is 174 Å². The number of hydrogen-bond donors (Lipinski definition) is 4. The van der Waals surface area contributed by atoms with Crippen LogP contribution in [0.1, 0.15) is 28.4 Å². The van der Waals surface area contributed by atoms with Gasteiger partial charge in [-0.3, -0.25) is 20.4 Å². The fourth-order valence-corrected chi connectivity index (χ4v) is 2.76. The summed E-state index contributed by atoms with van der Waals surface area (Å²) in [6, 6.07) is 10.5. The highest BCUT2D eigenvalue weighted by molar-refractivity contribution is 7.80. The maximum Gasteiger partial charge on any atom is 0.269 e. The number of ether oxygens (including phenoxy) is 2. The van der Waals surface area contributed by atoms with Gasteiger partial charge in [0.2, 0.25) is 0 Å². The fourth-order valence-electron chi connectivity index (χ4n) is 2.61. The van der Waals surface area contributed by atoms with Gasteiger partial charge in [-0.15, -0.1) is 0 Å². The lowest BCUT2D eigenvalue weighted by Crippen LogP contribution is -2.44. The molecule has 2 aromatic carbocycles. The lowest BCUT2D eigenvalue weighted by Gasteiger charge is -2.16. The van der Waals surface area contributed by atoms with Gasteiger partial charge in [-0.1, -0.05) is 25.1 Å². The standard InChI is InChI=1S/C20H24N4O4S/c1-4-13-7-5-6-12(2)18(13)22-20(29)24-23-19(26)14-8-9-15(16(10-14)27-3)28-11-17(21)25/h5-10H,4,11H2,1-3H3,(H2,21,25)(H,23,26)(H2,22,24,29). The molecule has 0 saturated heterocycles. The molecule has 0 bridgehead atoms. The molecule has 8 nitrogen and oxygen atoms in total. The second kappa shape index (κ2) is 10.3. The number of primary amides is 1. The molecule has 0 radical (unpaired) electrons. The number of aryl methyl sites for hydroxylation is 2. The van der Waals surface area contributed by atoms with Crippen molar-refractivity contribution in [1.82, 2.24) is 10.9 Å². The average Bonchev–Trinajstić information content (AvgIpc) is 2.71. The number of para-hydroxylation sites is 1. The molecule has 0 aliphatic rings. The number of amides is 2. The number of nitrogens with two attached hydrogens (primary N) is 1. The largest absolute Gasteiger partial charge is 0.493 e. The first kappa shape index (κ1) is 22.0. The normalized spacial score (nSPS) is 10.0. The highest BCUT2D eigenvalue weighted by atomic mass is 32.1. The number of anilines is 1. The third-order valence-electron chi connectivity index (χ3n) is 4.06. The Bertz CT molecular complexity index is 917. The second-order valence-electron chi connectivity index (χ2n) is 6.12. The van der Waals surface area contributed by atoms with Crippen molar-refractivity contribution in [3.63, 3.8) is 0 Å². The third kappa shape index (κ3) is 6.08. The van der Waals surface area contributed by atoms with E-state index in [0.29, 0.717) is 17.1 Å². The Morgan fingerprint density at radius 1 is 1.14 bits per heavy atom. The second-order valence-corrected chi connectivity index (χ2v) is 6.52. The summed E-state index contributed by atoms with van der Waals surface area (Å²) in [6.07, 6.45) is 0.850. The van der Waals surface area contributed by atoms with Gasteiger partial charge in [0, 0.05) is 11.3 Å². The molecule has 0 aliphatic carbocycles. The van der Waals surface area contributed by atoms with Crippen LogP contribution in [0.25, 0.3) is 0 Å². The first-order valence-corrected chi connectivity index (χ1v) is 9.31. The van der Waals surface area contributed by atoms with Gasteiger partial charge in [0.1, 0.15) is 0 Å². The quantitative estimate of drug-likeness (QED) is 0.403. The van der Waals surface area contributed by atoms with Crippen LogP contribution in [0.4, 0.5) is 5.69 Å². The van der Waals surface area contributed by atoms with Gasteiger partial charge >= 0.3 is 0 Å². The molecule has 0 saturated carbocycles. The van der Waals surface area contributed by atoms with Crippen LogP contribution in [0.15, 0.2) is 36.4 Å². The van der Waals surface area contributed by atoms with Crippen molar-refractivity contribution in [3.05, 3.63) is 53.1 Å². The smallest absolute Gasteiger partial charge is 0.269 e. The van der Waals surface area contributed by atoms with E-state index in [9.17, 15) is 9.59 Å². The Morgan fingerprint density at radius 2 is 1.90 bits per heavy atom. The van der Waals surface area contributed by atoms with E-state index in [2.05, 4.69) is 23.1 Å². The average molecular weight is 417 g/mol. The molecule has 0 atom stereocenters. The Morgan fingerprint density at radius 3 is 2.55 bits per heavy atom. The van der Waals surface area contributed by atoms with Crippen molar-refractivity contribution >= 4 is 34.8 Å². The Hall–Kier alpha value is -3.33. The number of carbonyl (C=O) groups excluding carboxylic acids is 2. The summed E-state index contributed by atoms with van der Waals surface area (Å²) in [5.74, 6) is -0.430. The van der Waals surface area contributed by atoms with Crippen LogP contribution in [-0.4, -0.2) is 30.6 Å². The van der Waals surface area contributed by atoms with Gasteiger partial charge in [-0.2, -0.15) is 0 Å². The first-order valence-electron chi connectivity index (χ1n) is 8.90. The zero-order valence-corrected chi connectivity index (χ0v) is 17.3. The lowest BCUT2D eigenvalue weighted by molar-refractivity contribution is -0.119. The summed E-state index contributed by atoms with van der Waals surface area (Å²) >= 11 is 5.27. The number of nitrogens with one attached hydrogen (secondary N) is 3. The van der Waals surface area contributed by atoms with E-state index in [-0.39, 0.29) is 11.7 Å². The van der Waals surface area contributed by atoms with Crippen molar-refractivity contribution in [2.75, 3.05) is 19.0 Å². The number of hydrazine groups is 1. The van der Waals surface area contributed by atoms with E-state index in [4.69, 9.17) is 27.4 Å². The molecule has 0 heterocycles. The van der Waals surface area contributed by atoms with Crippen molar-refractivity contribution in [2.24, 2.45) is 5.73 Å². The summed E-state index contributed by atoms with van der Waals surface area (Å²) in [5, 5.41) is 3.37. The van der Waals surface area contributed by atoms with E-state index in [1.807, 2.05) is 25.1 Å². The minimum atomic E-state index is -0.612. The van der Waals surface area contributed by atoms with E-state index < -0.39 is 11.8 Å². The van der Waals surface area contributed by atoms with Crippen LogP contribution >= 0.6 is 12.2 Å². The third-order valence-corrected chi connectivity index (χ3v) is 4.27. The first-order chi connectivity index (χ1) is 13.8. The molecule has 0 spiro atoms. The SMILES string of the molecule is CCc1cccc(C)c1NC(=S)NNC(=O)c1ccc(OCC(N)=O)c(OC)c1. The van der Waals surface area contributed by atoms with Crippen LogP contribution in [-0.2, 0) is 11.2 Å². The molecule has 0 aliphatic heterocycles. The summed E-state index contributed by atoms with van der Waals surface area (Å²) in [5.41, 5.74) is 13.7. The van der Waals surface area contributed by atoms with Gasteiger partial charge in [0.25, 0.3) is 11.8 Å². The van der Waals surface area contributed by atoms with E-state index >= 15 is 0 Å². The van der Waals surface area contributed by atoms with Crippen LogP contribution in [0, 0.1) is 6.92 Å². The van der Waals surface area contributed by atoms with Crippen LogP contribution in [0.2, 0.25) is 0 Å². The van der Waals surface area contributed by atoms with Gasteiger partial charge in [0.15, 0.2) is 23.2 Å². The molecule has 2 amide bonds. The Balaban J connectivity index is 2.00. The minimum Gasteiger partial charge on any atom is -0.493 e. The number of hydrogen-bond acceptors (Lipinski definition) is 5. The van der Waals surface area contributed by atoms with E-state index in [1.54, 1.807) is 0 Å². The maximum atomic E-state index is 12.4. The van der Waals surface area contributed by atoms with Crippen molar-refractivity contribution < 1.29 is 19.1 Å². The van der Waals surface area contributed by atoms with Crippen LogP contribution in [0.5, 0.6) is 11.5 Å². The number of rotatable bonds is 7. The number of carbonyl (C=O) groups is 2. The lowest BCUT2D eigenvalue weighted by atomic mass is 10.1. The topological polar surface area (TPSA) is 115 Å². The van der Waals surface area contributed by atoms with Gasteiger partial charge in [-0.05, 0) is 54.9 Å². The fraction of sp³-hybridized carbons (Fsp3) is 0.250. The van der Waals surface area contributed by atoms with Crippen molar-refractivity contribution in [1.29, 1.82) is 0 Å². The molecule has 9 heteroatoms. The minimum absolute atomic E-state index is 0.260. The summed E-state index contributed by atoms with van der Waals surface area (Å²) < 4.78 is 10.4. The molecule has 0 unspecified atom stereocenters. The van der Waals surface area contributed by atoms with Crippen molar-refractivity contribution in [3.8, 4) is 11.5 Å². The van der Waals surface area contributed by atoms with Crippen LogP contribution in [0.3, 0.4) is 0 Å². The summed E-state index contributed by atoms with van der Waals surface area (Å²) in [7, 11) is 1.43. The highest BCUT2D eigenvalue weighted by Gasteiger charge is 2.13. The van der Waals surface area contributed by atoms with Gasteiger partial charge in [0.05, 0.1) is 7.11 Å². The van der Waals surface area contributed by atoms with E-state index in [0.717, 1.165) is 23.2 Å². The zero-order chi connectivity index (χ0) is 21.4. The molecule has 0 aromatic heterocycles. The summed E-state index contributed by atoms with van der Waals surface area (Å²) in [6.45, 7) is 3.75. The monoisotopic (exact) mass is 416 g/mol.